The van der Waals surface area contributed by atoms with Crippen LogP contribution in [0.25, 0.3) is 16.7 Å². The van der Waals surface area contributed by atoms with Gasteiger partial charge >= 0.3 is 0 Å². The molecule has 0 bridgehead atoms. The van der Waals surface area contributed by atoms with Gasteiger partial charge in [-0.05, 0) is 71.8 Å². The van der Waals surface area contributed by atoms with Crippen LogP contribution >= 0.6 is 0 Å². The molecule has 0 aliphatic carbocycles. The van der Waals surface area contributed by atoms with E-state index in [-0.39, 0.29) is 12.6 Å². The van der Waals surface area contributed by atoms with Crippen LogP contribution in [0.5, 0.6) is 11.5 Å². The molecule has 33 heavy (non-hydrogen) atoms. The molecule has 0 saturated carbocycles. The van der Waals surface area contributed by atoms with Gasteiger partial charge in [0.25, 0.3) is 0 Å². The van der Waals surface area contributed by atoms with E-state index in [2.05, 4.69) is 73.0 Å². The van der Waals surface area contributed by atoms with Gasteiger partial charge in [0.05, 0.1) is 26.4 Å². The van der Waals surface area contributed by atoms with Crippen LogP contribution in [-0.4, -0.2) is 43.4 Å². The minimum Gasteiger partial charge on any atom is -0.496 e. The lowest BCUT2D eigenvalue weighted by molar-refractivity contribution is 0.151. The van der Waals surface area contributed by atoms with E-state index in [0.717, 1.165) is 53.1 Å². The fourth-order valence-corrected chi connectivity index (χ4v) is 4.88. The molecule has 1 heterocycles. The maximum absolute atomic E-state index is 9.73. The van der Waals surface area contributed by atoms with E-state index >= 15 is 0 Å². The lowest BCUT2D eigenvalue weighted by atomic mass is 9.90. The SMILES string of the molecule is C=C(c1cc(OC)c(CN2CCCC2CO)c(OC)c1)c1cccc(-c2ccccc2)c1C. The van der Waals surface area contributed by atoms with Gasteiger partial charge in [0.1, 0.15) is 11.5 Å². The molecule has 0 radical (unpaired) electrons. The Kier molecular flexibility index (Phi) is 7.17. The molecule has 0 aromatic heterocycles. The largest absolute Gasteiger partial charge is 0.496 e. The molecule has 1 fully saturated rings. The first kappa shape index (κ1) is 23.1. The van der Waals surface area contributed by atoms with Crippen molar-refractivity contribution >= 4 is 5.57 Å². The van der Waals surface area contributed by atoms with Gasteiger partial charge in [-0.2, -0.15) is 0 Å². The second-order valence-corrected chi connectivity index (χ2v) is 8.63. The predicted octanol–water partition coefficient (Wildman–Crippen LogP) is 5.70. The molecule has 3 aromatic rings. The van der Waals surface area contributed by atoms with Crippen LogP contribution < -0.4 is 9.47 Å². The van der Waals surface area contributed by atoms with Crippen LogP contribution in [0.3, 0.4) is 0 Å². The first-order valence-electron chi connectivity index (χ1n) is 11.5. The summed E-state index contributed by atoms with van der Waals surface area (Å²) in [6.45, 7) is 8.43. The Hall–Kier alpha value is -3.08. The summed E-state index contributed by atoms with van der Waals surface area (Å²) in [6, 6.07) is 21.1. The fourth-order valence-electron chi connectivity index (χ4n) is 4.88. The van der Waals surface area contributed by atoms with Gasteiger partial charge in [-0.25, -0.2) is 0 Å². The molecule has 1 aliphatic rings. The zero-order valence-corrected chi connectivity index (χ0v) is 19.8. The van der Waals surface area contributed by atoms with Gasteiger partial charge in [-0.1, -0.05) is 55.1 Å². The van der Waals surface area contributed by atoms with E-state index in [1.807, 2.05) is 6.07 Å². The minimum absolute atomic E-state index is 0.177. The summed E-state index contributed by atoms with van der Waals surface area (Å²) in [7, 11) is 3.39. The number of hydrogen-bond acceptors (Lipinski definition) is 4. The molecule has 0 amide bonds. The van der Waals surface area contributed by atoms with Crippen LogP contribution in [0.4, 0.5) is 0 Å². The van der Waals surface area contributed by atoms with Crippen molar-refractivity contribution in [2.45, 2.75) is 32.4 Å². The topological polar surface area (TPSA) is 41.9 Å². The average molecular weight is 444 g/mol. The summed E-state index contributed by atoms with van der Waals surface area (Å²) < 4.78 is 11.6. The van der Waals surface area contributed by atoms with E-state index in [1.165, 1.54) is 16.7 Å². The zero-order valence-electron chi connectivity index (χ0n) is 19.8. The highest BCUT2D eigenvalue weighted by Crippen LogP contribution is 2.38. The summed E-state index contributed by atoms with van der Waals surface area (Å²) in [6.07, 6.45) is 2.12. The molecular weight excluding hydrogens is 410 g/mol. The molecule has 1 aliphatic heterocycles. The normalized spacial score (nSPS) is 16.1. The summed E-state index contributed by atoms with van der Waals surface area (Å²) in [5, 5.41) is 9.73. The van der Waals surface area contributed by atoms with Gasteiger partial charge in [0.15, 0.2) is 0 Å². The standard InChI is InChI=1S/C29H33NO3/c1-20(25-13-8-14-26(21(25)2)22-10-6-5-7-11-22)23-16-28(32-3)27(29(17-23)33-4)18-30-15-9-12-24(30)19-31/h5-8,10-11,13-14,16-17,24,31H,1,9,12,15,18-19H2,2-4H3. The molecule has 0 spiro atoms. The lowest BCUT2D eigenvalue weighted by Gasteiger charge is -2.25. The molecule has 1 saturated heterocycles. The molecular formula is C29H33NO3. The highest BCUT2D eigenvalue weighted by molar-refractivity contribution is 5.85. The summed E-state index contributed by atoms with van der Waals surface area (Å²) in [5.41, 5.74) is 7.61. The average Bonchev–Trinajstić information content (AvgIpc) is 3.31. The number of benzene rings is 3. The van der Waals surface area contributed by atoms with Crippen molar-refractivity contribution in [3.63, 3.8) is 0 Å². The first-order chi connectivity index (χ1) is 16.1. The van der Waals surface area contributed by atoms with E-state index < -0.39 is 0 Å². The Morgan fingerprint density at radius 1 is 1.03 bits per heavy atom. The van der Waals surface area contributed by atoms with Gasteiger partial charge in [-0.3, -0.25) is 4.90 Å². The van der Waals surface area contributed by atoms with E-state index in [4.69, 9.17) is 9.47 Å². The van der Waals surface area contributed by atoms with Crippen molar-refractivity contribution in [1.82, 2.24) is 4.90 Å². The molecule has 1 unspecified atom stereocenters. The number of ether oxygens (including phenoxy) is 2. The summed E-state index contributed by atoms with van der Waals surface area (Å²) in [4.78, 5) is 2.31. The molecule has 3 aromatic carbocycles. The Labute approximate surface area is 197 Å². The number of hydrogen-bond donors (Lipinski definition) is 1. The van der Waals surface area contributed by atoms with Crippen LogP contribution in [-0.2, 0) is 6.54 Å². The molecule has 172 valence electrons. The van der Waals surface area contributed by atoms with E-state index in [9.17, 15) is 5.11 Å². The summed E-state index contributed by atoms with van der Waals surface area (Å²) in [5.74, 6) is 1.57. The van der Waals surface area contributed by atoms with Crippen molar-refractivity contribution in [3.8, 4) is 22.6 Å². The van der Waals surface area contributed by atoms with Crippen LogP contribution in [0, 0.1) is 6.92 Å². The third-order valence-electron chi connectivity index (χ3n) is 6.77. The Morgan fingerprint density at radius 2 is 1.73 bits per heavy atom. The Balaban J connectivity index is 1.71. The second-order valence-electron chi connectivity index (χ2n) is 8.63. The highest BCUT2D eigenvalue weighted by atomic mass is 16.5. The number of nitrogens with zero attached hydrogens (tertiary/aromatic N) is 1. The van der Waals surface area contributed by atoms with Crippen LogP contribution in [0.15, 0.2) is 67.2 Å². The minimum atomic E-state index is 0.177. The van der Waals surface area contributed by atoms with E-state index in [1.54, 1.807) is 14.2 Å². The van der Waals surface area contributed by atoms with Crippen molar-refractivity contribution in [3.05, 3.63) is 89.5 Å². The van der Waals surface area contributed by atoms with Crippen molar-refractivity contribution in [2.75, 3.05) is 27.4 Å². The number of likely N-dealkylation sites (tertiary alicyclic amines) is 1. The molecule has 1 atom stereocenters. The van der Waals surface area contributed by atoms with Gasteiger partial charge in [0.2, 0.25) is 0 Å². The molecule has 1 N–H and O–H groups in total. The number of aliphatic hydroxyl groups is 1. The van der Waals surface area contributed by atoms with E-state index in [0.29, 0.717) is 6.54 Å². The van der Waals surface area contributed by atoms with Crippen molar-refractivity contribution < 1.29 is 14.6 Å². The maximum atomic E-state index is 9.73. The monoisotopic (exact) mass is 443 g/mol. The molecule has 4 heteroatoms. The van der Waals surface area contributed by atoms with Crippen LogP contribution in [0.2, 0.25) is 0 Å². The third kappa shape index (κ3) is 4.68. The molecule has 4 nitrogen and oxygen atoms in total. The molecule has 4 rings (SSSR count). The zero-order chi connectivity index (χ0) is 23.4. The van der Waals surface area contributed by atoms with Gasteiger partial charge < -0.3 is 14.6 Å². The van der Waals surface area contributed by atoms with Gasteiger partial charge in [-0.15, -0.1) is 0 Å². The first-order valence-corrected chi connectivity index (χ1v) is 11.5. The van der Waals surface area contributed by atoms with Crippen LogP contribution in [0.1, 0.15) is 35.1 Å². The number of aliphatic hydroxyl groups excluding tert-OH is 1. The Morgan fingerprint density at radius 3 is 2.36 bits per heavy atom. The maximum Gasteiger partial charge on any atom is 0.127 e. The van der Waals surface area contributed by atoms with Crippen molar-refractivity contribution in [1.29, 1.82) is 0 Å². The smallest absolute Gasteiger partial charge is 0.127 e. The lowest BCUT2D eigenvalue weighted by Crippen LogP contribution is -2.31. The highest BCUT2D eigenvalue weighted by Gasteiger charge is 2.26. The quantitative estimate of drug-likeness (QED) is 0.485. The number of rotatable bonds is 8. The summed E-state index contributed by atoms with van der Waals surface area (Å²) >= 11 is 0. The van der Waals surface area contributed by atoms with Crippen molar-refractivity contribution in [2.24, 2.45) is 0 Å². The Bertz CT molecular complexity index is 1100. The predicted molar refractivity (Wildman–Crippen MR) is 135 cm³/mol. The third-order valence-corrected chi connectivity index (χ3v) is 6.77. The number of methoxy groups -OCH3 is 2. The second kappa shape index (κ2) is 10.2. The van der Waals surface area contributed by atoms with Gasteiger partial charge in [0, 0.05) is 12.6 Å². The fraction of sp³-hybridized carbons (Fsp3) is 0.310.